The summed E-state index contributed by atoms with van der Waals surface area (Å²) in [7, 11) is 0. The molecule has 0 saturated carbocycles. The van der Waals surface area contributed by atoms with Gasteiger partial charge in [0, 0.05) is 12.4 Å². The van der Waals surface area contributed by atoms with E-state index in [1.54, 1.807) is 24.5 Å². The van der Waals surface area contributed by atoms with Crippen LogP contribution in [0.2, 0.25) is 0 Å². The van der Waals surface area contributed by atoms with Crippen molar-refractivity contribution in [1.29, 1.82) is 0 Å². The molecule has 2 heterocycles. The summed E-state index contributed by atoms with van der Waals surface area (Å²) in [5.41, 5.74) is 0.193. The zero-order valence-electron chi connectivity index (χ0n) is 8.61. The molecule has 0 aliphatic carbocycles. The molecule has 4 nitrogen and oxygen atoms in total. The molecule has 0 aromatic carbocycles. The molecule has 0 radical (unpaired) electrons. The highest BCUT2D eigenvalue weighted by Gasteiger charge is 2.11. The number of carboxylic acid groups (broad SMARTS) is 1. The summed E-state index contributed by atoms with van der Waals surface area (Å²) in [6.45, 7) is 0. The molecular formula is C11H9ClN2O2S. The van der Waals surface area contributed by atoms with E-state index in [0.29, 0.717) is 5.03 Å². The first-order valence-electron chi connectivity index (χ1n) is 4.54. The Labute approximate surface area is 109 Å². The Bertz CT molecular complexity index is 508. The van der Waals surface area contributed by atoms with Crippen molar-refractivity contribution in [2.45, 2.75) is 10.1 Å². The molecule has 0 amide bonds. The summed E-state index contributed by atoms with van der Waals surface area (Å²) in [6, 6.07) is 8.59. The second kappa shape index (κ2) is 6.22. The minimum Gasteiger partial charge on any atom is -0.478 e. The highest BCUT2D eigenvalue weighted by atomic mass is 35.5. The second-order valence-electron chi connectivity index (χ2n) is 2.93. The molecule has 0 aliphatic rings. The van der Waals surface area contributed by atoms with Crippen molar-refractivity contribution < 1.29 is 9.90 Å². The number of halogens is 1. The van der Waals surface area contributed by atoms with Crippen LogP contribution < -0.4 is 0 Å². The van der Waals surface area contributed by atoms with Crippen LogP contribution in [-0.4, -0.2) is 21.0 Å². The smallest absolute Gasteiger partial charge is 0.338 e. The first kappa shape index (κ1) is 13.5. The van der Waals surface area contributed by atoms with Crippen LogP contribution in [0.4, 0.5) is 0 Å². The molecular weight excluding hydrogens is 260 g/mol. The number of carbonyl (C=O) groups is 1. The van der Waals surface area contributed by atoms with Gasteiger partial charge in [0.25, 0.3) is 0 Å². The number of rotatable bonds is 3. The van der Waals surface area contributed by atoms with E-state index >= 15 is 0 Å². The third kappa shape index (κ3) is 3.44. The Morgan fingerprint density at radius 3 is 2.53 bits per heavy atom. The maximum absolute atomic E-state index is 10.9. The molecule has 1 N–H and O–H groups in total. The van der Waals surface area contributed by atoms with E-state index in [9.17, 15) is 4.79 Å². The van der Waals surface area contributed by atoms with E-state index in [1.165, 1.54) is 17.8 Å². The van der Waals surface area contributed by atoms with Crippen LogP contribution in [0.3, 0.4) is 0 Å². The molecule has 0 bridgehead atoms. The van der Waals surface area contributed by atoms with E-state index in [-0.39, 0.29) is 18.0 Å². The summed E-state index contributed by atoms with van der Waals surface area (Å²) < 4.78 is 0. The molecule has 88 valence electrons. The van der Waals surface area contributed by atoms with Crippen molar-refractivity contribution in [3.8, 4) is 0 Å². The molecule has 0 unspecified atom stereocenters. The van der Waals surface area contributed by atoms with Crippen LogP contribution in [0.1, 0.15) is 10.4 Å². The quantitative estimate of drug-likeness (QED) is 0.927. The Balaban J connectivity index is 0.00000144. The van der Waals surface area contributed by atoms with E-state index < -0.39 is 5.97 Å². The Hall–Kier alpha value is -1.59. The lowest BCUT2D eigenvalue weighted by atomic mass is 10.3. The fraction of sp³-hybridized carbons (Fsp3) is 0. The normalized spacial score (nSPS) is 9.41. The van der Waals surface area contributed by atoms with Gasteiger partial charge in [-0.15, -0.1) is 12.4 Å². The van der Waals surface area contributed by atoms with Crippen LogP contribution in [-0.2, 0) is 0 Å². The third-order valence-electron chi connectivity index (χ3n) is 1.84. The van der Waals surface area contributed by atoms with E-state index in [1.807, 2.05) is 12.1 Å². The molecule has 0 atom stereocenters. The maximum Gasteiger partial charge on any atom is 0.338 e. The minimum atomic E-state index is -0.980. The molecule has 2 aromatic heterocycles. The molecule has 0 aliphatic heterocycles. The van der Waals surface area contributed by atoms with Crippen molar-refractivity contribution in [1.82, 2.24) is 9.97 Å². The Morgan fingerprint density at radius 2 is 1.88 bits per heavy atom. The number of hydrogen-bond donors (Lipinski definition) is 1. The zero-order valence-corrected chi connectivity index (χ0v) is 10.2. The highest BCUT2D eigenvalue weighted by molar-refractivity contribution is 7.99. The average Bonchev–Trinajstić information content (AvgIpc) is 2.31. The Kier molecular flexibility index (Phi) is 4.93. The van der Waals surface area contributed by atoms with Gasteiger partial charge in [-0.3, -0.25) is 0 Å². The Morgan fingerprint density at radius 1 is 1.12 bits per heavy atom. The lowest BCUT2D eigenvalue weighted by molar-refractivity contribution is 0.0692. The lowest BCUT2D eigenvalue weighted by Gasteiger charge is -2.02. The summed E-state index contributed by atoms with van der Waals surface area (Å²) >= 11 is 1.24. The molecule has 0 fully saturated rings. The molecule has 2 aromatic rings. The third-order valence-corrected chi connectivity index (χ3v) is 2.81. The standard InChI is InChI=1S/C11H8N2O2S.ClH/c14-11(15)8-4-3-7-13-10(8)16-9-5-1-2-6-12-9;/h1-7H,(H,14,15);1H. The fourth-order valence-corrected chi connectivity index (χ4v) is 1.98. The first-order chi connectivity index (χ1) is 7.77. The van der Waals surface area contributed by atoms with Crippen molar-refractivity contribution in [2.75, 3.05) is 0 Å². The summed E-state index contributed by atoms with van der Waals surface area (Å²) in [4.78, 5) is 19.1. The van der Waals surface area contributed by atoms with Crippen molar-refractivity contribution in [3.05, 3.63) is 48.3 Å². The van der Waals surface area contributed by atoms with Crippen LogP contribution in [0.25, 0.3) is 0 Å². The predicted molar refractivity (Wildman–Crippen MR) is 66.8 cm³/mol. The average molecular weight is 269 g/mol. The van der Waals surface area contributed by atoms with Crippen LogP contribution >= 0.6 is 24.2 Å². The van der Waals surface area contributed by atoms with Gasteiger partial charge in [-0.1, -0.05) is 6.07 Å². The molecule has 6 heteroatoms. The van der Waals surface area contributed by atoms with Crippen molar-refractivity contribution in [2.24, 2.45) is 0 Å². The van der Waals surface area contributed by atoms with Crippen molar-refractivity contribution in [3.63, 3.8) is 0 Å². The van der Waals surface area contributed by atoms with Crippen LogP contribution in [0.15, 0.2) is 52.8 Å². The zero-order chi connectivity index (χ0) is 11.4. The lowest BCUT2D eigenvalue weighted by Crippen LogP contribution is -2.00. The highest BCUT2D eigenvalue weighted by Crippen LogP contribution is 2.26. The van der Waals surface area contributed by atoms with E-state index in [2.05, 4.69) is 9.97 Å². The number of aromatic nitrogens is 2. The summed E-state index contributed by atoms with van der Waals surface area (Å²) in [5.74, 6) is -0.980. The second-order valence-corrected chi connectivity index (χ2v) is 3.94. The van der Waals surface area contributed by atoms with Gasteiger partial charge >= 0.3 is 5.97 Å². The van der Waals surface area contributed by atoms with Gasteiger partial charge in [-0.25, -0.2) is 14.8 Å². The van der Waals surface area contributed by atoms with Crippen LogP contribution in [0, 0.1) is 0 Å². The van der Waals surface area contributed by atoms with Crippen LogP contribution in [0.5, 0.6) is 0 Å². The van der Waals surface area contributed by atoms with Gasteiger partial charge in [0.1, 0.15) is 10.1 Å². The minimum absolute atomic E-state index is 0. The van der Waals surface area contributed by atoms with Crippen molar-refractivity contribution >= 4 is 30.1 Å². The SMILES string of the molecule is Cl.O=C(O)c1cccnc1Sc1ccccn1. The van der Waals surface area contributed by atoms with Gasteiger partial charge in [0.2, 0.25) is 0 Å². The predicted octanol–water partition coefficient (Wildman–Crippen LogP) is 2.75. The molecule has 17 heavy (non-hydrogen) atoms. The topological polar surface area (TPSA) is 63.1 Å². The number of aromatic carboxylic acids is 1. The van der Waals surface area contributed by atoms with Gasteiger partial charge in [-0.05, 0) is 36.0 Å². The van der Waals surface area contributed by atoms with E-state index in [4.69, 9.17) is 5.11 Å². The number of nitrogens with zero attached hydrogens (tertiary/aromatic N) is 2. The monoisotopic (exact) mass is 268 g/mol. The largest absolute Gasteiger partial charge is 0.478 e. The van der Waals surface area contributed by atoms with Gasteiger partial charge in [0.05, 0.1) is 5.56 Å². The molecule has 2 rings (SSSR count). The van der Waals surface area contributed by atoms with Gasteiger partial charge < -0.3 is 5.11 Å². The summed E-state index contributed by atoms with van der Waals surface area (Å²) in [6.07, 6.45) is 3.23. The fourth-order valence-electron chi connectivity index (χ4n) is 1.14. The maximum atomic E-state index is 10.9. The number of pyridine rings is 2. The van der Waals surface area contributed by atoms with E-state index in [0.717, 1.165) is 5.03 Å². The van der Waals surface area contributed by atoms with Gasteiger partial charge in [-0.2, -0.15) is 0 Å². The number of carboxylic acids is 1. The first-order valence-corrected chi connectivity index (χ1v) is 5.36. The molecule has 0 spiro atoms. The molecule has 0 saturated heterocycles. The summed E-state index contributed by atoms with van der Waals surface area (Å²) in [5, 5.41) is 10.1. The number of hydrogen-bond acceptors (Lipinski definition) is 4. The van der Waals surface area contributed by atoms with Gasteiger partial charge in [0.15, 0.2) is 0 Å².